The molecule has 3 aliphatic heterocycles. The summed E-state index contributed by atoms with van der Waals surface area (Å²) in [6.07, 6.45) is 5.89. The standard InChI is InChI=1S/C16H24N2O3/c1-12-13(14(19)18-10-4-2-3-5-11-18)16(21-15(12)20)6-8-17-9-7-16/h17H,2-11H2,1H3. The van der Waals surface area contributed by atoms with E-state index in [2.05, 4.69) is 5.32 Å². The Kier molecular flexibility index (Phi) is 4.02. The lowest BCUT2D eigenvalue weighted by atomic mass is 9.83. The van der Waals surface area contributed by atoms with Crippen LogP contribution in [0.25, 0.3) is 0 Å². The first-order valence-corrected chi connectivity index (χ1v) is 8.09. The SMILES string of the molecule is CC1=C(C(=O)N2CCCCCC2)C2(CCNCC2)OC1=O. The third-order valence-electron chi connectivity index (χ3n) is 4.94. The summed E-state index contributed by atoms with van der Waals surface area (Å²) in [4.78, 5) is 27.0. The molecule has 0 aliphatic carbocycles. The Morgan fingerprint density at radius 2 is 1.76 bits per heavy atom. The van der Waals surface area contributed by atoms with Gasteiger partial charge in [-0.25, -0.2) is 4.79 Å². The molecule has 3 rings (SSSR count). The van der Waals surface area contributed by atoms with Gasteiger partial charge in [-0.05, 0) is 32.9 Å². The van der Waals surface area contributed by atoms with Crippen molar-refractivity contribution in [3.8, 4) is 0 Å². The number of piperidine rings is 1. The molecule has 0 bridgehead atoms. The number of carbonyl (C=O) groups is 2. The largest absolute Gasteiger partial charge is 0.450 e. The zero-order valence-corrected chi connectivity index (χ0v) is 12.7. The first-order chi connectivity index (χ1) is 10.1. The third kappa shape index (κ3) is 2.59. The van der Waals surface area contributed by atoms with Gasteiger partial charge in [-0.1, -0.05) is 12.8 Å². The maximum absolute atomic E-state index is 13.0. The number of nitrogens with one attached hydrogen (secondary N) is 1. The minimum absolute atomic E-state index is 0.0298. The Balaban J connectivity index is 1.88. The summed E-state index contributed by atoms with van der Waals surface area (Å²) < 4.78 is 5.66. The number of amides is 1. The molecule has 1 spiro atoms. The van der Waals surface area contributed by atoms with Gasteiger partial charge in [-0.3, -0.25) is 4.79 Å². The first-order valence-electron chi connectivity index (χ1n) is 8.09. The molecule has 0 unspecified atom stereocenters. The highest BCUT2D eigenvalue weighted by Gasteiger charge is 2.50. The summed E-state index contributed by atoms with van der Waals surface area (Å²) in [5.74, 6) is -0.280. The van der Waals surface area contributed by atoms with Crippen molar-refractivity contribution in [3.05, 3.63) is 11.1 Å². The monoisotopic (exact) mass is 292 g/mol. The van der Waals surface area contributed by atoms with Crippen molar-refractivity contribution in [3.63, 3.8) is 0 Å². The van der Waals surface area contributed by atoms with E-state index < -0.39 is 5.60 Å². The number of hydrogen-bond acceptors (Lipinski definition) is 4. The molecule has 116 valence electrons. The Hall–Kier alpha value is -1.36. The van der Waals surface area contributed by atoms with Gasteiger partial charge in [0, 0.05) is 31.5 Å². The second-order valence-corrected chi connectivity index (χ2v) is 6.34. The van der Waals surface area contributed by atoms with E-state index in [1.807, 2.05) is 4.90 Å². The van der Waals surface area contributed by atoms with Crippen molar-refractivity contribution in [1.82, 2.24) is 10.2 Å². The second kappa shape index (κ2) is 5.79. The van der Waals surface area contributed by atoms with Crippen LogP contribution in [0.5, 0.6) is 0 Å². The normalized spacial score (nSPS) is 26.0. The van der Waals surface area contributed by atoms with E-state index in [0.717, 1.165) is 39.0 Å². The van der Waals surface area contributed by atoms with Crippen LogP contribution < -0.4 is 5.32 Å². The molecule has 1 amide bonds. The fourth-order valence-electron chi connectivity index (χ4n) is 3.72. The fourth-order valence-corrected chi connectivity index (χ4v) is 3.72. The highest BCUT2D eigenvalue weighted by molar-refractivity contribution is 6.07. The molecule has 3 heterocycles. The van der Waals surface area contributed by atoms with Crippen LogP contribution in [0.4, 0.5) is 0 Å². The van der Waals surface area contributed by atoms with E-state index in [0.29, 0.717) is 24.0 Å². The quantitative estimate of drug-likeness (QED) is 0.742. The molecular weight excluding hydrogens is 268 g/mol. The van der Waals surface area contributed by atoms with Crippen LogP contribution in [0, 0.1) is 0 Å². The lowest BCUT2D eigenvalue weighted by molar-refractivity contribution is -0.149. The highest BCUT2D eigenvalue weighted by Crippen LogP contribution is 2.40. The summed E-state index contributed by atoms with van der Waals surface area (Å²) in [5, 5.41) is 3.28. The van der Waals surface area contributed by atoms with Crippen LogP contribution in [-0.2, 0) is 14.3 Å². The number of rotatable bonds is 1. The van der Waals surface area contributed by atoms with Crippen molar-refractivity contribution in [2.45, 2.75) is 51.0 Å². The molecule has 0 atom stereocenters. The Morgan fingerprint density at radius 1 is 1.14 bits per heavy atom. The number of ether oxygens (including phenoxy) is 1. The maximum atomic E-state index is 13.0. The fraction of sp³-hybridized carbons (Fsp3) is 0.750. The van der Waals surface area contributed by atoms with E-state index in [-0.39, 0.29) is 11.9 Å². The average Bonchev–Trinajstić information content (AvgIpc) is 2.69. The summed E-state index contributed by atoms with van der Waals surface area (Å²) in [7, 11) is 0. The van der Waals surface area contributed by atoms with Gasteiger partial charge >= 0.3 is 5.97 Å². The first kappa shape index (κ1) is 14.6. The van der Waals surface area contributed by atoms with E-state index in [4.69, 9.17) is 4.74 Å². The van der Waals surface area contributed by atoms with E-state index in [1.54, 1.807) is 6.92 Å². The number of nitrogens with zero attached hydrogens (tertiary/aromatic N) is 1. The van der Waals surface area contributed by atoms with Gasteiger partial charge in [-0.2, -0.15) is 0 Å². The average molecular weight is 292 g/mol. The van der Waals surface area contributed by atoms with Crippen molar-refractivity contribution in [2.75, 3.05) is 26.2 Å². The third-order valence-corrected chi connectivity index (χ3v) is 4.94. The van der Waals surface area contributed by atoms with Gasteiger partial charge in [0.25, 0.3) is 5.91 Å². The minimum Gasteiger partial charge on any atom is -0.450 e. The molecule has 21 heavy (non-hydrogen) atoms. The Labute approximate surface area is 125 Å². The van der Waals surface area contributed by atoms with Gasteiger partial charge < -0.3 is 15.0 Å². The van der Waals surface area contributed by atoms with E-state index in [9.17, 15) is 9.59 Å². The number of likely N-dealkylation sites (tertiary alicyclic amines) is 1. The molecule has 5 heteroatoms. The van der Waals surface area contributed by atoms with Gasteiger partial charge in [-0.15, -0.1) is 0 Å². The van der Waals surface area contributed by atoms with E-state index in [1.165, 1.54) is 12.8 Å². The molecular formula is C16H24N2O3. The molecule has 0 aromatic heterocycles. The topological polar surface area (TPSA) is 58.6 Å². The van der Waals surface area contributed by atoms with Gasteiger partial charge in [0.1, 0.15) is 5.60 Å². The van der Waals surface area contributed by atoms with Crippen LogP contribution >= 0.6 is 0 Å². The zero-order valence-electron chi connectivity index (χ0n) is 12.7. The highest BCUT2D eigenvalue weighted by atomic mass is 16.6. The van der Waals surface area contributed by atoms with Crippen LogP contribution in [0.2, 0.25) is 0 Å². The predicted molar refractivity (Wildman–Crippen MR) is 78.7 cm³/mol. The summed E-state index contributed by atoms with van der Waals surface area (Å²) >= 11 is 0. The predicted octanol–water partition coefficient (Wildman–Crippen LogP) is 1.38. The van der Waals surface area contributed by atoms with Crippen LogP contribution in [0.15, 0.2) is 11.1 Å². The second-order valence-electron chi connectivity index (χ2n) is 6.34. The van der Waals surface area contributed by atoms with Crippen molar-refractivity contribution in [2.24, 2.45) is 0 Å². The molecule has 0 saturated carbocycles. The maximum Gasteiger partial charge on any atom is 0.335 e. The molecule has 2 fully saturated rings. The molecule has 0 aromatic rings. The molecule has 1 N–H and O–H groups in total. The number of hydrogen-bond donors (Lipinski definition) is 1. The lowest BCUT2D eigenvalue weighted by Crippen LogP contribution is -2.48. The summed E-state index contributed by atoms with van der Waals surface area (Å²) in [6.45, 7) is 4.93. The minimum atomic E-state index is -0.671. The molecule has 3 aliphatic rings. The van der Waals surface area contributed by atoms with Crippen molar-refractivity contribution < 1.29 is 14.3 Å². The van der Waals surface area contributed by atoms with E-state index >= 15 is 0 Å². The van der Waals surface area contributed by atoms with Crippen LogP contribution in [-0.4, -0.2) is 48.6 Å². The Morgan fingerprint density at radius 3 is 2.38 bits per heavy atom. The molecule has 0 radical (unpaired) electrons. The van der Waals surface area contributed by atoms with Gasteiger partial charge in [0.2, 0.25) is 0 Å². The molecule has 5 nitrogen and oxygen atoms in total. The Bertz CT molecular complexity index is 470. The number of carbonyl (C=O) groups excluding carboxylic acids is 2. The van der Waals surface area contributed by atoms with Crippen LogP contribution in [0.3, 0.4) is 0 Å². The zero-order chi connectivity index (χ0) is 14.9. The van der Waals surface area contributed by atoms with Crippen molar-refractivity contribution in [1.29, 1.82) is 0 Å². The van der Waals surface area contributed by atoms with Gasteiger partial charge in [0.15, 0.2) is 0 Å². The summed E-state index contributed by atoms with van der Waals surface area (Å²) in [5.41, 5.74) is 0.484. The number of esters is 1. The summed E-state index contributed by atoms with van der Waals surface area (Å²) in [6, 6.07) is 0. The van der Waals surface area contributed by atoms with Gasteiger partial charge in [0.05, 0.1) is 5.57 Å². The lowest BCUT2D eigenvalue weighted by Gasteiger charge is -2.36. The van der Waals surface area contributed by atoms with Crippen molar-refractivity contribution >= 4 is 11.9 Å². The molecule has 2 saturated heterocycles. The van der Waals surface area contributed by atoms with Crippen LogP contribution in [0.1, 0.15) is 45.4 Å². The molecule has 0 aromatic carbocycles. The smallest absolute Gasteiger partial charge is 0.335 e.